The largest absolute Gasteiger partial charge is 0.434 e. The molecule has 0 atom stereocenters. The van der Waals surface area contributed by atoms with Gasteiger partial charge in [0.25, 0.3) is 5.91 Å². The zero-order valence-electron chi connectivity index (χ0n) is 13.5. The van der Waals surface area contributed by atoms with E-state index < -0.39 is 23.3 Å². The number of anilines is 1. The van der Waals surface area contributed by atoms with Gasteiger partial charge in [-0.2, -0.15) is 13.2 Å². The molecule has 0 aliphatic heterocycles. The van der Waals surface area contributed by atoms with E-state index in [0.717, 1.165) is 12.3 Å². The van der Waals surface area contributed by atoms with Gasteiger partial charge >= 0.3 is 6.18 Å². The first kappa shape index (κ1) is 19.2. The van der Waals surface area contributed by atoms with Gasteiger partial charge in [0, 0.05) is 33.1 Å². The maximum atomic E-state index is 13.1. The third-order valence-electron chi connectivity index (χ3n) is 3.72. The highest BCUT2D eigenvalue weighted by atomic mass is 35.5. The van der Waals surface area contributed by atoms with Crippen molar-refractivity contribution in [3.05, 3.63) is 82.1 Å². The van der Waals surface area contributed by atoms with Crippen LogP contribution < -0.4 is 5.32 Å². The number of carbonyl (C=O) groups excluding carboxylic acids is 1. The first-order chi connectivity index (χ1) is 12.8. The highest BCUT2D eigenvalue weighted by Crippen LogP contribution is 2.36. The Hall–Kier alpha value is -2.57. The summed E-state index contributed by atoms with van der Waals surface area (Å²) in [6.45, 7) is 0. The number of hydrogen-bond acceptors (Lipinski definition) is 2. The van der Waals surface area contributed by atoms with E-state index in [1.165, 1.54) is 6.07 Å². The van der Waals surface area contributed by atoms with E-state index in [1.54, 1.807) is 42.5 Å². The van der Waals surface area contributed by atoms with Crippen LogP contribution in [0.15, 0.2) is 60.8 Å². The standard InChI is InChI=1S/C19H11Cl2F3N2O/c20-11-7-8-12(15(21)10-11)13-4-1-2-6-16(13)26-18(27)14-5-3-9-25-17(14)19(22,23)24/h1-10H,(H,26,27). The van der Waals surface area contributed by atoms with Crippen molar-refractivity contribution in [3.8, 4) is 11.1 Å². The molecule has 138 valence electrons. The molecule has 0 unspecified atom stereocenters. The summed E-state index contributed by atoms with van der Waals surface area (Å²) in [5.74, 6) is -0.923. The van der Waals surface area contributed by atoms with Crippen LogP contribution in [0.3, 0.4) is 0 Å². The lowest BCUT2D eigenvalue weighted by atomic mass is 10.0. The first-order valence-electron chi connectivity index (χ1n) is 7.65. The van der Waals surface area contributed by atoms with Crippen molar-refractivity contribution in [2.75, 3.05) is 5.32 Å². The summed E-state index contributed by atoms with van der Waals surface area (Å²) in [7, 11) is 0. The minimum atomic E-state index is -4.74. The van der Waals surface area contributed by atoms with Crippen molar-refractivity contribution in [2.45, 2.75) is 6.18 Å². The minimum Gasteiger partial charge on any atom is -0.321 e. The second-order valence-corrected chi connectivity index (χ2v) is 6.36. The molecule has 0 radical (unpaired) electrons. The fourth-order valence-corrected chi connectivity index (χ4v) is 3.05. The van der Waals surface area contributed by atoms with E-state index in [9.17, 15) is 18.0 Å². The van der Waals surface area contributed by atoms with Gasteiger partial charge in [-0.05, 0) is 30.3 Å². The topological polar surface area (TPSA) is 42.0 Å². The molecule has 3 rings (SSSR count). The van der Waals surface area contributed by atoms with Crippen LogP contribution in [0.5, 0.6) is 0 Å². The number of aromatic nitrogens is 1. The Bertz CT molecular complexity index is 1010. The molecule has 8 heteroatoms. The van der Waals surface area contributed by atoms with Gasteiger partial charge in [0.2, 0.25) is 0 Å². The van der Waals surface area contributed by atoms with Crippen LogP contribution >= 0.6 is 23.2 Å². The predicted molar refractivity (Wildman–Crippen MR) is 99.1 cm³/mol. The number of alkyl halides is 3. The Balaban J connectivity index is 2.00. The van der Waals surface area contributed by atoms with Gasteiger partial charge in [-0.25, -0.2) is 0 Å². The van der Waals surface area contributed by atoms with E-state index in [0.29, 0.717) is 26.9 Å². The molecule has 3 aromatic rings. The molecule has 0 bridgehead atoms. The third-order valence-corrected chi connectivity index (χ3v) is 4.27. The average molecular weight is 411 g/mol. The lowest BCUT2D eigenvalue weighted by Gasteiger charge is -2.15. The predicted octanol–water partition coefficient (Wildman–Crippen LogP) is 6.33. The fourth-order valence-electron chi connectivity index (χ4n) is 2.54. The highest BCUT2D eigenvalue weighted by molar-refractivity contribution is 6.36. The van der Waals surface area contributed by atoms with E-state index in [-0.39, 0.29) is 0 Å². The number of halogens is 5. The zero-order valence-corrected chi connectivity index (χ0v) is 15.0. The van der Waals surface area contributed by atoms with Crippen LogP contribution in [0.25, 0.3) is 11.1 Å². The molecule has 0 saturated heterocycles. The van der Waals surface area contributed by atoms with E-state index in [4.69, 9.17) is 23.2 Å². The smallest absolute Gasteiger partial charge is 0.321 e. The quantitative estimate of drug-likeness (QED) is 0.548. The highest BCUT2D eigenvalue weighted by Gasteiger charge is 2.37. The summed E-state index contributed by atoms with van der Waals surface area (Å²) in [5, 5.41) is 3.30. The zero-order chi connectivity index (χ0) is 19.6. The number of carbonyl (C=O) groups is 1. The van der Waals surface area contributed by atoms with Crippen LogP contribution in [-0.2, 0) is 6.18 Å². The van der Waals surface area contributed by atoms with Gasteiger partial charge in [0.05, 0.1) is 5.56 Å². The van der Waals surface area contributed by atoms with Gasteiger partial charge in [0.15, 0.2) is 5.69 Å². The van der Waals surface area contributed by atoms with Crippen molar-refractivity contribution in [1.82, 2.24) is 4.98 Å². The molecule has 0 spiro atoms. The molecule has 1 N–H and O–H groups in total. The maximum absolute atomic E-state index is 13.1. The van der Waals surface area contributed by atoms with Gasteiger partial charge in [-0.3, -0.25) is 9.78 Å². The molecule has 1 amide bonds. The van der Waals surface area contributed by atoms with E-state index >= 15 is 0 Å². The molecule has 27 heavy (non-hydrogen) atoms. The number of hydrogen-bond donors (Lipinski definition) is 1. The summed E-state index contributed by atoms with van der Waals surface area (Å²) in [5.41, 5.74) is -0.376. The summed E-state index contributed by atoms with van der Waals surface area (Å²) in [6.07, 6.45) is -3.76. The van der Waals surface area contributed by atoms with Crippen molar-refractivity contribution in [2.24, 2.45) is 0 Å². The second-order valence-electron chi connectivity index (χ2n) is 5.52. The van der Waals surface area contributed by atoms with Crippen LogP contribution in [0, 0.1) is 0 Å². The van der Waals surface area contributed by atoms with Crippen LogP contribution in [-0.4, -0.2) is 10.9 Å². The van der Waals surface area contributed by atoms with Gasteiger partial charge < -0.3 is 5.32 Å². The van der Waals surface area contributed by atoms with Crippen molar-refractivity contribution in [1.29, 1.82) is 0 Å². The molecule has 2 aromatic carbocycles. The molecule has 1 heterocycles. The van der Waals surface area contributed by atoms with Crippen LogP contribution in [0.1, 0.15) is 16.1 Å². The number of para-hydroxylation sites is 1. The average Bonchev–Trinajstić information content (AvgIpc) is 2.62. The van der Waals surface area contributed by atoms with Crippen molar-refractivity contribution >= 4 is 34.8 Å². The number of nitrogens with one attached hydrogen (secondary N) is 1. The van der Waals surface area contributed by atoms with Gasteiger partial charge in [0.1, 0.15) is 0 Å². The monoisotopic (exact) mass is 410 g/mol. The molecular formula is C19H11Cl2F3N2O. The molecular weight excluding hydrogens is 400 g/mol. The van der Waals surface area contributed by atoms with E-state index in [1.807, 2.05) is 0 Å². The molecule has 1 aromatic heterocycles. The fraction of sp³-hybridized carbons (Fsp3) is 0.0526. The molecule has 0 aliphatic rings. The number of amides is 1. The molecule has 0 saturated carbocycles. The Kier molecular flexibility index (Phi) is 5.39. The summed E-state index contributed by atoms with van der Waals surface area (Å²) in [4.78, 5) is 15.8. The van der Waals surface area contributed by atoms with Crippen molar-refractivity contribution in [3.63, 3.8) is 0 Å². The Labute approximate surface area is 162 Å². The Morgan fingerprint density at radius 1 is 0.963 bits per heavy atom. The van der Waals surface area contributed by atoms with Crippen molar-refractivity contribution < 1.29 is 18.0 Å². The molecule has 0 aliphatic carbocycles. The number of pyridine rings is 1. The Morgan fingerprint density at radius 2 is 1.70 bits per heavy atom. The first-order valence-corrected chi connectivity index (χ1v) is 8.41. The second kappa shape index (κ2) is 7.58. The van der Waals surface area contributed by atoms with Crippen LogP contribution in [0.2, 0.25) is 10.0 Å². The lowest BCUT2D eigenvalue weighted by Crippen LogP contribution is -2.20. The normalized spacial score (nSPS) is 11.3. The number of nitrogens with zero attached hydrogens (tertiary/aromatic N) is 1. The summed E-state index contributed by atoms with van der Waals surface area (Å²) < 4.78 is 39.3. The van der Waals surface area contributed by atoms with Gasteiger partial charge in [-0.15, -0.1) is 0 Å². The van der Waals surface area contributed by atoms with E-state index in [2.05, 4.69) is 10.3 Å². The SMILES string of the molecule is O=C(Nc1ccccc1-c1ccc(Cl)cc1Cl)c1cccnc1C(F)(F)F. The lowest BCUT2D eigenvalue weighted by molar-refractivity contribution is -0.141. The number of rotatable bonds is 3. The third kappa shape index (κ3) is 4.23. The molecule has 0 fully saturated rings. The minimum absolute atomic E-state index is 0.309. The van der Waals surface area contributed by atoms with Crippen LogP contribution in [0.4, 0.5) is 18.9 Å². The Morgan fingerprint density at radius 3 is 2.41 bits per heavy atom. The summed E-state index contributed by atoms with van der Waals surface area (Å²) >= 11 is 12.1. The van der Waals surface area contributed by atoms with Gasteiger partial charge in [-0.1, -0.05) is 47.5 Å². The molecule has 3 nitrogen and oxygen atoms in total. The maximum Gasteiger partial charge on any atom is 0.434 e. The summed E-state index contributed by atoms with van der Waals surface area (Å²) in [6, 6.07) is 13.8. The number of benzene rings is 2.